The lowest BCUT2D eigenvalue weighted by molar-refractivity contribution is 0.111. The number of rotatable bonds is 8. The van der Waals surface area contributed by atoms with Gasteiger partial charge in [-0.1, -0.05) is 33.6 Å². The van der Waals surface area contributed by atoms with Crippen LogP contribution in [0.25, 0.3) is 0 Å². The summed E-state index contributed by atoms with van der Waals surface area (Å²) in [6.07, 6.45) is 3.23. The van der Waals surface area contributed by atoms with E-state index in [9.17, 15) is 5.11 Å². The Morgan fingerprint density at radius 1 is 1.33 bits per heavy atom. The van der Waals surface area contributed by atoms with Gasteiger partial charge in [-0.25, -0.2) is 0 Å². The second-order valence-corrected chi connectivity index (χ2v) is 4.66. The summed E-state index contributed by atoms with van der Waals surface area (Å²) in [5.41, 5.74) is 6.06. The summed E-state index contributed by atoms with van der Waals surface area (Å²) in [7, 11) is 2.06. The van der Waals surface area contributed by atoms with E-state index in [1.165, 1.54) is 6.42 Å². The highest BCUT2D eigenvalue weighted by molar-refractivity contribution is 4.80. The molecule has 0 aromatic rings. The highest BCUT2D eigenvalue weighted by Gasteiger charge is 2.21. The molecule has 3 nitrogen and oxygen atoms in total. The van der Waals surface area contributed by atoms with Crippen LogP contribution in [-0.4, -0.2) is 42.3 Å². The molecule has 15 heavy (non-hydrogen) atoms. The molecule has 0 aliphatic carbocycles. The average molecular weight is 216 g/mol. The van der Waals surface area contributed by atoms with Gasteiger partial charge in [-0.3, -0.25) is 4.90 Å². The van der Waals surface area contributed by atoms with Crippen LogP contribution in [0.15, 0.2) is 0 Å². The van der Waals surface area contributed by atoms with Crippen molar-refractivity contribution in [3.63, 3.8) is 0 Å². The van der Waals surface area contributed by atoms with E-state index in [1.807, 2.05) is 0 Å². The summed E-state index contributed by atoms with van der Waals surface area (Å²) in [6, 6.07) is 0.202. The third kappa shape index (κ3) is 5.50. The third-order valence-electron chi connectivity index (χ3n) is 3.17. The zero-order chi connectivity index (χ0) is 11.8. The summed E-state index contributed by atoms with van der Waals surface area (Å²) in [4.78, 5) is 2.20. The van der Waals surface area contributed by atoms with E-state index in [1.54, 1.807) is 0 Å². The van der Waals surface area contributed by atoms with Crippen molar-refractivity contribution in [1.29, 1.82) is 0 Å². The maximum absolute atomic E-state index is 9.36. The number of hydrogen-bond donors (Lipinski definition) is 2. The van der Waals surface area contributed by atoms with Crippen LogP contribution in [0, 0.1) is 5.92 Å². The fraction of sp³-hybridized carbons (Fsp3) is 1.00. The van der Waals surface area contributed by atoms with Gasteiger partial charge in [0.15, 0.2) is 0 Å². The predicted octanol–water partition coefficient (Wildman–Crippen LogP) is 1.45. The standard InChI is InChI=1S/C12H28N2O/c1-5-7-11(13)12(9-15)14(4)8-10(3)6-2/h10-12,15H,5-9,13H2,1-4H3. The zero-order valence-electron chi connectivity index (χ0n) is 10.7. The molecule has 3 unspecified atom stereocenters. The Morgan fingerprint density at radius 2 is 1.93 bits per heavy atom. The van der Waals surface area contributed by atoms with Crippen molar-refractivity contribution in [1.82, 2.24) is 4.90 Å². The van der Waals surface area contributed by atoms with Crippen LogP contribution in [0.5, 0.6) is 0 Å². The Hall–Kier alpha value is -0.120. The van der Waals surface area contributed by atoms with Crippen molar-refractivity contribution in [2.75, 3.05) is 20.2 Å². The minimum absolute atomic E-state index is 0.0917. The number of aliphatic hydroxyl groups excluding tert-OH is 1. The van der Waals surface area contributed by atoms with Crippen LogP contribution >= 0.6 is 0 Å². The quantitative estimate of drug-likeness (QED) is 0.646. The molecular weight excluding hydrogens is 188 g/mol. The van der Waals surface area contributed by atoms with Gasteiger partial charge in [0.1, 0.15) is 0 Å². The normalized spacial score (nSPS) is 17.8. The van der Waals surface area contributed by atoms with Gasteiger partial charge in [0.05, 0.1) is 6.61 Å². The van der Waals surface area contributed by atoms with Crippen LogP contribution in [0.1, 0.15) is 40.0 Å². The first-order valence-electron chi connectivity index (χ1n) is 6.13. The van der Waals surface area contributed by atoms with E-state index in [0.717, 1.165) is 19.4 Å². The van der Waals surface area contributed by atoms with Gasteiger partial charge in [0.25, 0.3) is 0 Å². The molecule has 0 aliphatic heterocycles. The molecule has 0 saturated carbocycles. The molecule has 0 aromatic carbocycles. The van der Waals surface area contributed by atoms with Crippen LogP contribution in [0.4, 0.5) is 0 Å². The Kier molecular flexibility index (Phi) is 8.02. The fourth-order valence-corrected chi connectivity index (χ4v) is 1.88. The monoisotopic (exact) mass is 216 g/mol. The molecule has 0 radical (unpaired) electrons. The first-order chi connectivity index (χ1) is 7.06. The maximum atomic E-state index is 9.36. The second-order valence-electron chi connectivity index (χ2n) is 4.66. The molecule has 0 saturated heterocycles. The van der Waals surface area contributed by atoms with E-state index in [2.05, 4.69) is 32.7 Å². The average Bonchev–Trinajstić information content (AvgIpc) is 2.19. The molecule has 92 valence electrons. The number of likely N-dealkylation sites (N-methyl/N-ethyl adjacent to an activating group) is 1. The van der Waals surface area contributed by atoms with E-state index < -0.39 is 0 Å². The largest absolute Gasteiger partial charge is 0.395 e. The Morgan fingerprint density at radius 3 is 2.33 bits per heavy atom. The predicted molar refractivity (Wildman–Crippen MR) is 65.8 cm³/mol. The van der Waals surface area contributed by atoms with Gasteiger partial charge >= 0.3 is 0 Å². The number of nitrogens with zero attached hydrogens (tertiary/aromatic N) is 1. The molecule has 3 heteroatoms. The molecule has 0 bridgehead atoms. The van der Waals surface area contributed by atoms with Crippen LogP contribution in [-0.2, 0) is 0 Å². The van der Waals surface area contributed by atoms with Crippen LogP contribution in [0.2, 0.25) is 0 Å². The lowest BCUT2D eigenvalue weighted by Gasteiger charge is -2.32. The van der Waals surface area contributed by atoms with E-state index >= 15 is 0 Å². The smallest absolute Gasteiger partial charge is 0.0601 e. The van der Waals surface area contributed by atoms with Gasteiger partial charge in [0.2, 0.25) is 0 Å². The van der Waals surface area contributed by atoms with Crippen molar-refractivity contribution in [3.05, 3.63) is 0 Å². The van der Waals surface area contributed by atoms with Crippen molar-refractivity contribution >= 4 is 0 Å². The van der Waals surface area contributed by atoms with E-state index in [0.29, 0.717) is 5.92 Å². The first kappa shape index (κ1) is 14.9. The highest BCUT2D eigenvalue weighted by Crippen LogP contribution is 2.10. The molecule has 0 fully saturated rings. The maximum Gasteiger partial charge on any atom is 0.0601 e. The third-order valence-corrected chi connectivity index (χ3v) is 3.17. The molecule has 0 amide bonds. The van der Waals surface area contributed by atoms with Gasteiger partial charge in [-0.2, -0.15) is 0 Å². The van der Waals surface area contributed by atoms with Crippen molar-refractivity contribution in [2.45, 2.75) is 52.1 Å². The van der Waals surface area contributed by atoms with E-state index in [4.69, 9.17) is 5.73 Å². The summed E-state index contributed by atoms with van der Waals surface area (Å²) in [6.45, 7) is 7.73. The van der Waals surface area contributed by atoms with Gasteiger partial charge < -0.3 is 10.8 Å². The highest BCUT2D eigenvalue weighted by atomic mass is 16.3. The molecule has 0 aromatic heterocycles. The molecule has 3 N–H and O–H groups in total. The summed E-state index contributed by atoms with van der Waals surface area (Å²) >= 11 is 0. The molecule has 0 heterocycles. The number of aliphatic hydroxyl groups is 1. The zero-order valence-corrected chi connectivity index (χ0v) is 10.7. The number of hydrogen-bond acceptors (Lipinski definition) is 3. The molecule has 0 aliphatic rings. The van der Waals surface area contributed by atoms with Gasteiger partial charge in [-0.15, -0.1) is 0 Å². The summed E-state index contributed by atoms with van der Waals surface area (Å²) in [5.74, 6) is 0.665. The summed E-state index contributed by atoms with van der Waals surface area (Å²) in [5, 5.41) is 9.36. The Labute approximate surface area is 94.6 Å². The molecule has 3 atom stereocenters. The minimum Gasteiger partial charge on any atom is -0.395 e. The number of nitrogens with two attached hydrogens (primary N) is 1. The Balaban J connectivity index is 4.13. The van der Waals surface area contributed by atoms with E-state index in [-0.39, 0.29) is 18.7 Å². The lowest BCUT2D eigenvalue weighted by atomic mass is 10.0. The SMILES string of the molecule is CCCC(N)C(CO)N(C)CC(C)CC. The van der Waals surface area contributed by atoms with Crippen molar-refractivity contribution < 1.29 is 5.11 Å². The molecule has 0 spiro atoms. The van der Waals surface area contributed by atoms with Gasteiger partial charge in [-0.05, 0) is 19.4 Å². The Bertz CT molecular complexity index is 153. The van der Waals surface area contributed by atoms with Crippen molar-refractivity contribution in [3.8, 4) is 0 Å². The topological polar surface area (TPSA) is 49.5 Å². The summed E-state index contributed by atoms with van der Waals surface area (Å²) < 4.78 is 0. The van der Waals surface area contributed by atoms with Crippen molar-refractivity contribution in [2.24, 2.45) is 11.7 Å². The minimum atomic E-state index is 0.0917. The second kappa shape index (κ2) is 8.08. The fourth-order valence-electron chi connectivity index (χ4n) is 1.88. The van der Waals surface area contributed by atoms with Crippen LogP contribution in [0.3, 0.4) is 0 Å². The molecular formula is C12H28N2O. The van der Waals surface area contributed by atoms with Gasteiger partial charge in [0, 0.05) is 18.6 Å². The lowest BCUT2D eigenvalue weighted by Crippen LogP contribution is -2.49. The molecule has 0 rings (SSSR count). The first-order valence-corrected chi connectivity index (χ1v) is 6.13. The van der Waals surface area contributed by atoms with Crippen LogP contribution < -0.4 is 5.73 Å².